The molecule has 0 aromatic carbocycles. The van der Waals surface area contributed by atoms with Gasteiger partial charge in [0.05, 0.1) is 6.04 Å². The number of imidazole rings is 1. The molecule has 0 saturated heterocycles. The van der Waals surface area contributed by atoms with Crippen LogP contribution in [0.1, 0.15) is 71.2 Å². The van der Waals surface area contributed by atoms with Crippen molar-refractivity contribution in [1.82, 2.24) is 14.9 Å². The van der Waals surface area contributed by atoms with Crippen LogP contribution in [0, 0.1) is 11.8 Å². The van der Waals surface area contributed by atoms with Crippen LogP contribution in [0.4, 0.5) is 0 Å². The first-order chi connectivity index (χ1) is 9.80. The summed E-state index contributed by atoms with van der Waals surface area (Å²) >= 11 is 0. The van der Waals surface area contributed by atoms with E-state index < -0.39 is 0 Å². The molecule has 1 aliphatic carbocycles. The quantitative estimate of drug-likeness (QED) is 0.811. The smallest absolute Gasteiger partial charge is 0.126 e. The molecule has 20 heavy (non-hydrogen) atoms. The summed E-state index contributed by atoms with van der Waals surface area (Å²) in [5, 5.41) is 3.69. The van der Waals surface area contributed by atoms with Gasteiger partial charge in [0.2, 0.25) is 0 Å². The van der Waals surface area contributed by atoms with E-state index in [1.54, 1.807) is 0 Å². The van der Waals surface area contributed by atoms with Crippen LogP contribution in [0.2, 0.25) is 0 Å². The van der Waals surface area contributed by atoms with Crippen molar-refractivity contribution in [2.24, 2.45) is 11.8 Å². The molecular weight excluding hydrogens is 246 g/mol. The van der Waals surface area contributed by atoms with Crippen molar-refractivity contribution in [3.63, 3.8) is 0 Å². The van der Waals surface area contributed by atoms with Gasteiger partial charge in [0.15, 0.2) is 0 Å². The van der Waals surface area contributed by atoms with Gasteiger partial charge in [-0.1, -0.05) is 39.5 Å². The van der Waals surface area contributed by atoms with Crippen LogP contribution in [0.3, 0.4) is 0 Å². The Hall–Kier alpha value is -0.830. The summed E-state index contributed by atoms with van der Waals surface area (Å²) in [5.74, 6) is 2.98. The number of rotatable bonds is 7. The fourth-order valence-electron chi connectivity index (χ4n) is 3.77. The average Bonchev–Trinajstić information content (AvgIpc) is 2.94. The lowest BCUT2D eigenvalue weighted by Gasteiger charge is -2.34. The number of nitrogens with zero attached hydrogens (tertiary/aromatic N) is 2. The Morgan fingerprint density at radius 2 is 2.00 bits per heavy atom. The van der Waals surface area contributed by atoms with E-state index in [0.717, 1.165) is 24.9 Å². The molecule has 0 bridgehead atoms. The Balaban J connectivity index is 2.03. The third-order valence-electron chi connectivity index (χ3n) is 4.85. The lowest BCUT2D eigenvalue weighted by Crippen LogP contribution is -2.33. The van der Waals surface area contributed by atoms with Crippen LogP contribution in [-0.4, -0.2) is 16.1 Å². The first-order valence-corrected chi connectivity index (χ1v) is 8.54. The minimum atomic E-state index is 0.442. The number of aryl methyl sites for hydroxylation is 1. The maximum Gasteiger partial charge on any atom is 0.126 e. The lowest BCUT2D eigenvalue weighted by molar-refractivity contribution is 0.208. The standard InChI is InChI=1S/C17H31N3/c1-4-7-14-8-10-15(11-9-14)16(18-5-2)17-19-12-13-20(17)6-3/h12-16,18H,4-11H2,1-3H3. The van der Waals surface area contributed by atoms with E-state index in [1.807, 2.05) is 6.20 Å². The van der Waals surface area contributed by atoms with Crippen LogP contribution in [-0.2, 0) is 6.54 Å². The van der Waals surface area contributed by atoms with Gasteiger partial charge in [0, 0.05) is 18.9 Å². The van der Waals surface area contributed by atoms with E-state index in [0.29, 0.717) is 6.04 Å². The molecule has 1 atom stereocenters. The molecule has 1 N–H and O–H groups in total. The van der Waals surface area contributed by atoms with Crippen molar-refractivity contribution >= 4 is 0 Å². The van der Waals surface area contributed by atoms with E-state index in [4.69, 9.17) is 0 Å². The van der Waals surface area contributed by atoms with Crippen molar-refractivity contribution < 1.29 is 0 Å². The summed E-state index contributed by atoms with van der Waals surface area (Å²) in [5.41, 5.74) is 0. The van der Waals surface area contributed by atoms with Gasteiger partial charge in [0.25, 0.3) is 0 Å². The molecule has 1 aromatic heterocycles. The third kappa shape index (κ3) is 3.63. The predicted octanol–water partition coefficient (Wildman–Crippen LogP) is 4.16. The summed E-state index contributed by atoms with van der Waals surface area (Å²) in [6, 6.07) is 0.442. The molecule has 114 valence electrons. The van der Waals surface area contributed by atoms with Crippen molar-refractivity contribution in [2.45, 2.75) is 71.9 Å². The molecule has 1 heterocycles. The van der Waals surface area contributed by atoms with E-state index >= 15 is 0 Å². The molecule has 1 saturated carbocycles. The molecular formula is C17H31N3. The van der Waals surface area contributed by atoms with Crippen LogP contribution < -0.4 is 5.32 Å². The zero-order valence-corrected chi connectivity index (χ0v) is 13.4. The number of hydrogen-bond donors (Lipinski definition) is 1. The van der Waals surface area contributed by atoms with Gasteiger partial charge < -0.3 is 9.88 Å². The molecule has 0 amide bonds. The molecule has 0 spiro atoms. The summed E-state index contributed by atoms with van der Waals surface area (Å²) in [4.78, 5) is 4.64. The minimum Gasteiger partial charge on any atom is -0.334 e. The number of nitrogens with one attached hydrogen (secondary N) is 1. The van der Waals surface area contributed by atoms with E-state index in [9.17, 15) is 0 Å². The van der Waals surface area contributed by atoms with E-state index in [2.05, 4.69) is 41.8 Å². The largest absolute Gasteiger partial charge is 0.334 e. The van der Waals surface area contributed by atoms with E-state index in [-0.39, 0.29) is 0 Å². The topological polar surface area (TPSA) is 29.9 Å². The van der Waals surface area contributed by atoms with Gasteiger partial charge in [-0.05, 0) is 38.1 Å². The fraction of sp³-hybridized carbons (Fsp3) is 0.824. The normalized spacial score (nSPS) is 24.8. The monoisotopic (exact) mass is 277 g/mol. The molecule has 1 unspecified atom stereocenters. The third-order valence-corrected chi connectivity index (χ3v) is 4.85. The number of hydrogen-bond acceptors (Lipinski definition) is 2. The Bertz CT molecular complexity index is 377. The molecule has 0 aliphatic heterocycles. The van der Waals surface area contributed by atoms with Crippen molar-refractivity contribution in [3.05, 3.63) is 18.2 Å². The van der Waals surface area contributed by atoms with Gasteiger partial charge in [-0.2, -0.15) is 0 Å². The minimum absolute atomic E-state index is 0.442. The van der Waals surface area contributed by atoms with Crippen molar-refractivity contribution in [1.29, 1.82) is 0 Å². The highest BCUT2D eigenvalue weighted by atomic mass is 15.1. The van der Waals surface area contributed by atoms with Crippen LogP contribution in [0.25, 0.3) is 0 Å². The predicted molar refractivity (Wildman–Crippen MR) is 84.7 cm³/mol. The molecule has 1 aliphatic rings. The number of aromatic nitrogens is 2. The molecule has 1 fully saturated rings. The Morgan fingerprint density at radius 1 is 1.25 bits per heavy atom. The van der Waals surface area contributed by atoms with Crippen LogP contribution in [0.5, 0.6) is 0 Å². The molecule has 1 aromatic rings. The van der Waals surface area contributed by atoms with E-state index in [1.165, 1.54) is 44.3 Å². The maximum atomic E-state index is 4.64. The average molecular weight is 277 g/mol. The second-order valence-electron chi connectivity index (χ2n) is 6.18. The molecule has 0 radical (unpaired) electrons. The Labute approximate surface area is 124 Å². The van der Waals surface area contributed by atoms with Crippen molar-refractivity contribution in [2.75, 3.05) is 6.54 Å². The van der Waals surface area contributed by atoms with Crippen molar-refractivity contribution in [3.8, 4) is 0 Å². The zero-order chi connectivity index (χ0) is 14.4. The Morgan fingerprint density at radius 3 is 2.60 bits per heavy atom. The first-order valence-electron chi connectivity index (χ1n) is 8.54. The highest BCUT2D eigenvalue weighted by Gasteiger charge is 2.30. The van der Waals surface area contributed by atoms with Gasteiger partial charge >= 0.3 is 0 Å². The van der Waals surface area contributed by atoms with Gasteiger partial charge in [-0.3, -0.25) is 0 Å². The second-order valence-corrected chi connectivity index (χ2v) is 6.18. The SMILES string of the molecule is CCCC1CCC(C(NCC)c2nccn2CC)CC1. The fourth-order valence-corrected chi connectivity index (χ4v) is 3.77. The summed E-state index contributed by atoms with van der Waals surface area (Å²) in [6.45, 7) is 8.76. The second kappa shape index (κ2) is 7.82. The van der Waals surface area contributed by atoms with Crippen LogP contribution >= 0.6 is 0 Å². The summed E-state index contributed by atoms with van der Waals surface area (Å²) in [7, 11) is 0. The lowest BCUT2D eigenvalue weighted by atomic mass is 9.77. The van der Waals surface area contributed by atoms with Gasteiger partial charge in [-0.15, -0.1) is 0 Å². The summed E-state index contributed by atoms with van der Waals surface area (Å²) < 4.78 is 2.30. The summed E-state index contributed by atoms with van der Waals surface area (Å²) in [6.07, 6.45) is 12.4. The van der Waals surface area contributed by atoms with Gasteiger partial charge in [0.1, 0.15) is 5.82 Å². The maximum absolute atomic E-state index is 4.64. The highest BCUT2D eigenvalue weighted by molar-refractivity contribution is 5.02. The zero-order valence-electron chi connectivity index (χ0n) is 13.4. The molecule has 3 heteroatoms. The van der Waals surface area contributed by atoms with Gasteiger partial charge in [-0.25, -0.2) is 4.98 Å². The Kier molecular flexibility index (Phi) is 6.08. The first kappa shape index (κ1) is 15.6. The molecule has 3 nitrogen and oxygen atoms in total. The molecule has 2 rings (SSSR count). The highest BCUT2D eigenvalue weighted by Crippen LogP contribution is 2.37. The van der Waals surface area contributed by atoms with Crippen LogP contribution in [0.15, 0.2) is 12.4 Å².